The summed E-state index contributed by atoms with van der Waals surface area (Å²) in [7, 11) is 0. The molecule has 0 saturated carbocycles. The van der Waals surface area contributed by atoms with Gasteiger partial charge < -0.3 is 19.5 Å². The Morgan fingerprint density at radius 1 is 1.19 bits per heavy atom. The largest absolute Gasteiger partial charge is 0.504 e. The Morgan fingerprint density at radius 3 is 2.56 bits per heavy atom. The monoisotopic (exact) mass is 442 g/mol. The number of aromatic hydroxyl groups is 1. The number of carbonyl (C=O) groups excluding carboxylic acids is 1. The van der Waals surface area contributed by atoms with Crippen molar-refractivity contribution in [1.82, 2.24) is 4.57 Å². The average molecular weight is 443 g/mol. The summed E-state index contributed by atoms with van der Waals surface area (Å²) in [4.78, 5) is 35.1. The van der Waals surface area contributed by atoms with Crippen molar-refractivity contribution in [2.24, 2.45) is 10.6 Å². The van der Waals surface area contributed by atoms with Gasteiger partial charge in [0.2, 0.25) is 0 Å². The van der Waals surface area contributed by atoms with Gasteiger partial charge in [-0.05, 0) is 48.8 Å². The van der Waals surface area contributed by atoms with Crippen LogP contribution in [0.1, 0.15) is 68.4 Å². The summed E-state index contributed by atoms with van der Waals surface area (Å²) in [5, 5.41) is 21.8. The van der Waals surface area contributed by atoms with E-state index in [9.17, 15) is 19.6 Å². The molecule has 1 aromatic heterocycles. The third kappa shape index (κ3) is 4.91. The maximum Gasteiger partial charge on any atom is 0.322 e. The maximum absolute atomic E-state index is 12.5. The highest BCUT2D eigenvalue weighted by molar-refractivity contribution is 5.94. The minimum absolute atomic E-state index is 0.0259. The zero-order chi connectivity index (χ0) is 23.5. The lowest BCUT2D eigenvalue weighted by Crippen LogP contribution is -2.32. The van der Waals surface area contributed by atoms with Crippen LogP contribution in [0.25, 0.3) is 11.3 Å². The number of aliphatic hydroxyl groups is 1. The number of hydrogen-bond acceptors (Lipinski definition) is 6. The van der Waals surface area contributed by atoms with Gasteiger partial charge in [0, 0.05) is 35.7 Å². The van der Waals surface area contributed by atoms with Gasteiger partial charge in [-0.2, -0.15) is 0 Å². The van der Waals surface area contributed by atoms with E-state index in [0.717, 1.165) is 31.2 Å². The van der Waals surface area contributed by atoms with Gasteiger partial charge in [0.05, 0.1) is 12.3 Å². The summed E-state index contributed by atoms with van der Waals surface area (Å²) in [6.45, 7) is 6.84. The maximum atomic E-state index is 12.5. The van der Waals surface area contributed by atoms with Crippen LogP contribution in [0.3, 0.4) is 0 Å². The number of rotatable bonds is 8. The second-order valence-corrected chi connectivity index (χ2v) is 9.29. The molecule has 1 aliphatic rings. The van der Waals surface area contributed by atoms with Crippen molar-refractivity contribution < 1.29 is 19.7 Å². The SMILES string of the molecule is CC(C)(C)[C@H]1Cc2cc(OCCCCCCO)c(O)cc2-c2cc(=O)c(C(=O)N=O)cn21. The minimum atomic E-state index is -1.09. The van der Waals surface area contributed by atoms with Crippen LogP contribution in [0.15, 0.2) is 34.4 Å². The highest BCUT2D eigenvalue weighted by Gasteiger charge is 2.34. The summed E-state index contributed by atoms with van der Waals surface area (Å²) in [6.07, 6.45) is 5.47. The van der Waals surface area contributed by atoms with Gasteiger partial charge >= 0.3 is 5.91 Å². The smallest absolute Gasteiger partial charge is 0.322 e. The van der Waals surface area contributed by atoms with Gasteiger partial charge in [-0.15, -0.1) is 4.91 Å². The molecule has 1 atom stereocenters. The highest BCUT2D eigenvalue weighted by atomic mass is 16.5. The lowest BCUT2D eigenvalue weighted by atomic mass is 9.78. The lowest BCUT2D eigenvalue weighted by Gasteiger charge is -2.39. The molecule has 172 valence electrons. The van der Waals surface area contributed by atoms with Gasteiger partial charge in [0.15, 0.2) is 16.9 Å². The molecule has 2 heterocycles. The molecule has 0 bridgehead atoms. The van der Waals surface area contributed by atoms with Gasteiger partial charge in [-0.3, -0.25) is 9.59 Å². The number of pyridine rings is 1. The van der Waals surface area contributed by atoms with E-state index in [1.165, 1.54) is 12.3 Å². The number of ether oxygens (including phenoxy) is 1. The molecule has 1 aromatic carbocycles. The van der Waals surface area contributed by atoms with E-state index in [0.29, 0.717) is 30.0 Å². The number of nitrogens with zero attached hydrogens (tertiary/aromatic N) is 2. The standard InChI is InChI=1S/C24H30N2O6/c1-24(2,3)22-11-15-10-21(32-9-7-5-4-6-8-27)20(29)12-16(15)18-13-19(28)17(14-26(18)22)23(30)25-31/h10,12-14,22,27,29H,4-9,11H2,1-3H3/t22-/m1/s1. The topological polar surface area (TPSA) is 118 Å². The summed E-state index contributed by atoms with van der Waals surface area (Å²) in [5.74, 6) is -0.720. The average Bonchev–Trinajstić information content (AvgIpc) is 2.74. The fourth-order valence-corrected chi connectivity index (χ4v) is 4.15. The predicted octanol–water partition coefficient (Wildman–Crippen LogP) is 4.20. The number of aromatic nitrogens is 1. The van der Waals surface area contributed by atoms with Gasteiger partial charge in [0.1, 0.15) is 5.56 Å². The van der Waals surface area contributed by atoms with Crippen LogP contribution in [0, 0.1) is 10.3 Å². The molecule has 0 radical (unpaired) electrons. The minimum Gasteiger partial charge on any atom is -0.504 e. The molecule has 32 heavy (non-hydrogen) atoms. The van der Waals surface area contributed by atoms with Crippen LogP contribution in [0.4, 0.5) is 0 Å². The molecule has 8 heteroatoms. The molecule has 0 saturated heterocycles. The van der Waals surface area contributed by atoms with Crippen LogP contribution in [0.2, 0.25) is 0 Å². The quantitative estimate of drug-likeness (QED) is 0.467. The fraction of sp³-hybridized carbons (Fsp3) is 0.500. The van der Waals surface area contributed by atoms with E-state index < -0.39 is 11.3 Å². The van der Waals surface area contributed by atoms with Crippen molar-refractivity contribution in [2.75, 3.05) is 13.2 Å². The fourth-order valence-electron chi connectivity index (χ4n) is 4.15. The predicted molar refractivity (Wildman–Crippen MR) is 121 cm³/mol. The molecule has 0 spiro atoms. The molecule has 2 N–H and O–H groups in total. The first kappa shape index (κ1) is 23.7. The molecule has 2 aromatic rings. The normalized spacial score (nSPS) is 15.1. The molecule has 0 unspecified atom stereocenters. The molecule has 1 aliphatic heterocycles. The number of hydrogen-bond donors (Lipinski definition) is 2. The molecule has 3 rings (SSSR count). The number of phenolic OH excluding ortho intramolecular Hbond substituents is 1. The molecule has 0 aliphatic carbocycles. The zero-order valence-corrected chi connectivity index (χ0v) is 18.8. The van der Waals surface area contributed by atoms with Crippen LogP contribution < -0.4 is 10.2 Å². The Labute approximate surface area is 186 Å². The van der Waals surface area contributed by atoms with Crippen molar-refractivity contribution >= 4 is 5.91 Å². The Kier molecular flexibility index (Phi) is 7.13. The molecular formula is C24H30N2O6. The molecule has 0 fully saturated rings. The number of benzene rings is 1. The Bertz CT molecular complexity index is 1070. The number of amides is 1. The third-order valence-corrected chi connectivity index (χ3v) is 5.91. The van der Waals surface area contributed by atoms with E-state index in [4.69, 9.17) is 9.84 Å². The molecule has 1 amide bonds. The Morgan fingerprint density at radius 2 is 1.91 bits per heavy atom. The number of aliphatic hydroxyl groups excluding tert-OH is 1. The number of phenols is 1. The van der Waals surface area contributed by atoms with E-state index in [2.05, 4.69) is 25.9 Å². The molecule has 8 nitrogen and oxygen atoms in total. The van der Waals surface area contributed by atoms with Gasteiger partial charge in [0.25, 0.3) is 0 Å². The number of carbonyl (C=O) groups is 1. The zero-order valence-electron chi connectivity index (χ0n) is 18.8. The van der Waals surface area contributed by atoms with Crippen LogP contribution in [-0.2, 0) is 6.42 Å². The van der Waals surface area contributed by atoms with Gasteiger partial charge in [-0.25, -0.2) is 0 Å². The second kappa shape index (κ2) is 9.65. The number of fused-ring (bicyclic) bond motifs is 3. The van der Waals surface area contributed by atoms with Gasteiger partial charge in [-0.1, -0.05) is 27.2 Å². The highest BCUT2D eigenvalue weighted by Crippen LogP contribution is 2.45. The van der Waals surface area contributed by atoms with Crippen molar-refractivity contribution in [3.63, 3.8) is 0 Å². The summed E-state index contributed by atoms with van der Waals surface area (Å²) >= 11 is 0. The van der Waals surface area contributed by atoms with Crippen LogP contribution in [0.5, 0.6) is 11.5 Å². The van der Waals surface area contributed by atoms with Crippen LogP contribution in [-0.4, -0.2) is 33.9 Å². The van der Waals surface area contributed by atoms with E-state index in [1.807, 2.05) is 10.6 Å². The summed E-state index contributed by atoms with van der Waals surface area (Å²) in [6, 6.07) is 4.63. The van der Waals surface area contributed by atoms with Crippen molar-refractivity contribution in [3.8, 4) is 22.8 Å². The van der Waals surface area contributed by atoms with Crippen LogP contribution >= 0.6 is 0 Å². The summed E-state index contributed by atoms with van der Waals surface area (Å²) in [5.41, 5.74) is 1.14. The second-order valence-electron chi connectivity index (χ2n) is 9.29. The first-order valence-electron chi connectivity index (χ1n) is 10.9. The third-order valence-electron chi connectivity index (χ3n) is 5.91. The number of nitroso groups, excluding NO2 is 1. The first-order chi connectivity index (χ1) is 15.2. The van der Waals surface area contributed by atoms with Crippen molar-refractivity contribution in [3.05, 3.63) is 50.7 Å². The first-order valence-corrected chi connectivity index (χ1v) is 10.9. The Hall–Kier alpha value is -3.00. The summed E-state index contributed by atoms with van der Waals surface area (Å²) < 4.78 is 7.64. The van der Waals surface area contributed by atoms with E-state index >= 15 is 0 Å². The van der Waals surface area contributed by atoms with E-state index in [1.54, 1.807) is 6.07 Å². The lowest BCUT2D eigenvalue weighted by molar-refractivity contribution is 0.0998. The number of unbranched alkanes of at least 4 members (excludes halogenated alkanes) is 3. The van der Waals surface area contributed by atoms with E-state index in [-0.39, 0.29) is 29.4 Å². The Balaban J connectivity index is 1.98. The van der Waals surface area contributed by atoms with Crippen molar-refractivity contribution in [2.45, 2.75) is 58.9 Å². The van der Waals surface area contributed by atoms with Crippen molar-refractivity contribution in [1.29, 1.82) is 0 Å². The molecular weight excluding hydrogens is 412 g/mol.